The Bertz CT molecular complexity index is 440. The van der Waals surface area contributed by atoms with E-state index in [2.05, 4.69) is 5.32 Å². The summed E-state index contributed by atoms with van der Waals surface area (Å²) in [6.45, 7) is 1.39. The van der Waals surface area contributed by atoms with Gasteiger partial charge in [0.2, 0.25) is 5.91 Å². The summed E-state index contributed by atoms with van der Waals surface area (Å²) >= 11 is 11.5. The van der Waals surface area contributed by atoms with E-state index in [0.717, 1.165) is 12.1 Å². The van der Waals surface area contributed by atoms with Crippen LogP contribution in [-0.4, -0.2) is 11.7 Å². The van der Waals surface area contributed by atoms with Crippen LogP contribution in [0.25, 0.3) is 0 Å². The Hall–Kier alpha value is -1.13. The maximum Gasteiger partial charge on any atom is 0.224 e. The highest BCUT2D eigenvalue weighted by atomic mass is 35.5. The van der Waals surface area contributed by atoms with Gasteiger partial charge in [-0.1, -0.05) is 23.2 Å². The molecular formula is C11H10Cl2FNO2. The molecule has 1 N–H and O–H groups in total. The van der Waals surface area contributed by atoms with E-state index in [0.29, 0.717) is 0 Å². The van der Waals surface area contributed by atoms with E-state index in [-0.39, 0.29) is 34.4 Å². The van der Waals surface area contributed by atoms with Crippen molar-refractivity contribution in [1.82, 2.24) is 0 Å². The normalized spacial score (nSPS) is 10.1. The molecule has 0 unspecified atom stereocenters. The maximum absolute atomic E-state index is 12.9. The van der Waals surface area contributed by atoms with Crippen molar-refractivity contribution in [3.05, 3.63) is 28.0 Å². The molecule has 17 heavy (non-hydrogen) atoms. The summed E-state index contributed by atoms with van der Waals surface area (Å²) in [4.78, 5) is 22.1. The maximum atomic E-state index is 12.9. The van der Waals surface area contributed by atoms with Crippen molar-refractivity contribution < 1.29 is 14.0 Å². The number of carbonyl (C=O) groups is 2. The predicted octanol–water partition coefficient (Wildman–Crippen LogP) is 3.44. The lowest BCUT2D eigenvalue weighted by molar-refractivity contribution is -0.121. The molecule has 1 aromatic carbocycles. The van der Waals surface area contributed by atoms with E-state index in [4.69, 9.17) is 23.2 Å². The number of amides is 1. The average molecular weight is 278 g/mol. The molecular weight excluding hydrogens is 268 g/mol. The minimum Gasteiger partial charge on any atom is -0.324 e. The molecule has 92 valence electrons. The van der Waals surface area contributed by atoms with Gasteiger partial charge >= 0.3 is 0 Å². The third kappa shape index (κ3) is 4.32. The summed E-state index contributed by atoms with van der Waals surface area (Å²) in [5.74, 6) is -1.06. The Morgan fingerprint density at radius 1 is 1.24 bits per heavy atom. The van der Waals surface area contributed by atoms with E-state index in [1.54, 1.807) is 0 Å². The first-order chi connectivity index (χ1) is 7.90. The van der Waals surface area contributed by atoms with Crippen LogP contribution in [-0.2, 0) is 9.59 Å². The van der Waals surface area contributed by atoms with Gasteiger partial charge in [0.05, 0.1) is 15.7 Å². The van der Waals surface area contributed by atoms with Gasteiger partial charge in [0.25, 0.3) is 0 Å². The molecule has 0 aliphatic rings. The van der Waals surface area contributed by atoms with Crippen LogP contribution < -0.4 is 5.32 Å². The Balaban J connectivity index is 2.75. The first-order valence-electron chi connectivity index (χ1n) is 4.84. The van der Waals surface area contributed by atoms with E-state index >= 15 is 0 Å². The van der Waals surface area contributed by atoms with E-state index in [1.807, 2.05) is 0 Å². The van der Waals surface area contributed by atoms with Gasteiger partial charge in [0, 0.05) is 12.8 Å². The smallest absolute Gasteiger partial charge is 0.224 e. The van der Waals surface area contributed by atoms with Crippen molar-refractivity contribution in [2.45, 2.75) is 19.8 Å². The molecule has 1 amide bonds. The zero-order chi connectivity index (χ0) is 13.0. The van der Waals surface area contributed by atoms with Gasteiger partial charge in [-0.15, -0.1) is 0 Å². The quantitative estimate of drug-likeness (QED) is 0.917. The van der Waals surface area contributed by atoms with Crippen molar-refractivity contribution in [2.24, 2.45) is 0 Å². The number of halogens is 3. The molecule has 0 atom stereocenters. The molecule has 6 heteroatoms. The third-order valence-electron chi connectivity index (χ3n) is 1.98. The van der Waals surface area contributed by atoms with Gasteiger partial charge in [-0.05, 0) is 19.1 Å². The number of benzene rings is 1. The second-order valence-electron chi connectivity index (χ2n) is 3.49. The summed E-state index contributed by atoms with van der Waals surface area (Å²) in [7, 11) is 0. The summed E-state index contributed by atoms with van der Waals surface area (Å²) < 4.78 is 12.9. The number of ketones is 1. The highest BCUT2D eigenvalue weighted by Crippen LogP contribution is 2.31. The Morgan fingerprint density at radius 2 is 1.76 bits per heavy atom. The van der Waals surface area contributed by atoms with E-state index < -0.39 is 11.7 Å². The molecule has 0 saturated heterocycles. The predicted molar refractivity (Wildman–Crippen MR) is 65.0 cm³/mol. The van der Waals surface area contributed by atoms with Crippen LogP contribution in [0.1, 0.15) is 19.8 Å². The first-order valence-corrected chi connectivity index (χ1v) is 5.59. The number of Topliss-reactive ketones (excluding diaryl/α,β-unsaturated/α-hetero) is 1. The van der Waals surface area contributed by atoms with Crippen molar-refractivity contribution >= 4 is 40.6 Å². The minimum atomic E-state index is -0.582. The summed E-state index contributed by atoms with van der Waals surface area (Å²) in [6, 6.07) is 2.10. The monoisotopic (exact) mass is 277 g/mol. The number of rotatable bonds is 4. The van der Waals surface area contributed by atoms with Crippen LogP contribution in [0.3, 0.4) is 0 Å². The highest BCUT2D eigenvalue weighted by molar-refractivity contribution is 6.39. The summed E-state index contributed by atoms with van der Waals surface area (Å²) in [5, 5.41) is 2.48. The SMILES string of the molecule is CC(=O)CCC(=O)Nc1c(Cl)cc(F)cc1Cl. The number of carbonyl (C=O) groups excluding carboxylic acids is 2. The lowest BCUT2D eigenvalue weighted by Gasteiger charge is -2.08. The van der Waals surface area contributed by atoms with Crippen LogP contribution in [0.5, 0.6) is 0 Å². The number of anilines is 1. The highest BCUT2D eigenvalue weighted by Gasteiger charge is 2.12. The molecule has 0 radical (unpaired) electrons. The molecule has 0 saturated carbocycles. The fraction of sp³-hybridized carbons (Fsp3) is 0.273. The average Bonchev–Trinajstić information content (AvgIpc) is 2.20. The van der Waals surface area contributed by atoms with Crippen LogP contribution in [0.4, 0.5) is 10.1 Å². The molecule has 0 bridgehead atoms. The summed E-state index contributed by atoms with van der Waals surface area (Å²) in [5.41, 5.74) is 0.156. The molecule has 3 nitrogen and oxygen atoms in total. The van der Waals surface area contributed by atoms with Gasteiger partial charge < -0.3 is 10.1 Å². The lowest BCUT2D eigenvalue weighted by Crippen LogP contribution is -2.13. The van der Waals surface area contributed by atoms with Gasteiger partial charge in [-0.25, -0.2) is 4.39 Å². The van der Waals surface area contributed by atoms with E-state index in [9.17, 15) is 14.0 Å². The lowest BCUT2D eigenvalue weighted by atomic mass is 10.2. The molecule has 0 aromatic heterocycles. The molecule has 0 aliphatic carbocycles. The van der Waals surface area contributed by atoms with Crippen molar-refractivity contribution in [2.75, 3.05) is 5.32 Å². The molecule has 0 fully saturated rings. The third-order valence-corrected chi connectivity index (χ3v) is 2.57. The largest absolute Gasteiger partial charge is 0.324 e. The Kier molecular flexibility index (Phi) is 4.90. The second kappa shape index (κ2) is 5.98. The van der Waals surface area contributed by atoms with Crippen LogP contribution in [0.15, 0.2) is 12.1 Å². The van der Waals surface area contributed by atoms with Crippen LogP contribution in [0, 0.1) is 5.82 Å². The van der Waals surface area contributed by atoms with Gasteiger partial charge in [-0.2, -0.15) is 0 Å². The summed E-state index contributed by atoms with van der Waals surface area (Å²) in [6.07, 6.45) is 0.182. The molecule has 1 aromatic rings. The van der Waals surface area contributed by atoms with Gasteiger partial charge in [0.1, 0.15) is 11.6 Å². The second-order valence-corrected chi connectivity index (χ2v) is 4.31. The first kappa shape index (κ1) is 13.9. The van der Waals surface area contributed by atoms with E-state index in [1.165, 1.54) is 6.92 Å². The standard InChI is InChI=1S/C11H10Cl2FNO2/c1-6(16)2-3-10(17)15-11-8(12)4-7(14)5-9(11)13/h4-5H,2-3H2,1H3,(H,15,17). The Labute approximate surface area is 108 Å². The van der Waals surface area contributed by atoms with Gasteiger partial charge in [-0.3, -0.25) is 4.79 Å². The van der Waals surface area contributed by atoms with Gasteiger partial charge in [0.15, 0.2) is 0 Å². The number of nitrogens with one attached hydrogen (secondary N) is 1. The van der Waals surface area contributed by atoms with Crippen LogP contribution >= 0.6 is 23.2 Å². The zero-order valence-electron chi connectivity index (χ0n) is 9.02. The topological polar surface area (TPSA) is 46.2 Å². The zero-order valence-corrected chi connectivity index (χ0v) is 10.5. The van der Waals surface area contributed by atoms with Crippen molar-refractivity contribution in [1.29, 1.82) is 0 Å². The molecule has 1 rings (SSSR count). The van der Waals surface area contributed by atoms with Crippen molar-refractivity contribution in [3.8, 4) is 0 Å². The molecule has 0 spiro atoms. The minimum absolute atomic E-state index is 0.0196. The molecule has 0 aliphatic heterocycles. The Morgan fingerprint density at radius 3 is 2.24 bits per heavy atom. The molecule has 0 heterocycles. The van der Waals surface area contributed by atoms with Crippen LogP contribution in [0.2, 0.25) is 10.0 Å². The van der Waals surface area contributed by atoms with Crippen molar-refractivity contribution in [3.63, 3.8) is 0 Å². The fourth-order valence-electron chi connectivity index (χ4n) is 1.15. The fourth-order valence-corrected chi connectivity index (χ4v) is 1.71. The number of hydrogen-bond donors (Lipinski definition) is 1. The number of hydrogen-bond acceptors (Lipinski definition) is 2.